The molecule has 0 saturated heterocycles. The van der Waals surface area contributed by atoms with Crippen LogP contribution in [-0.2, 0) is 9.53 Å². The molecule has 3 rings (SSSR count). The van der Waals surface area contributed by atoms with E-state index in [4.69, 9.17) is 9.47 Å². The molecule has 0 spiro atoms. The topological polar surface area (TPSA) is 61.5 Å². The summed E-state index contributed by atoms with van der Waals surface area (Å²) in [7, 11) is 1.40. The van der Waals surface area contributed by atoms with E-state index < -0.39 is 11.6 Å². The number of carbonyl (C=O) groups excluding carboxylic acids is 1. The van der Waals surface area contributed by atoms with Gasteiger partial charge in [-0.1, -0.05) is 18.2 Å². The summed E-state index contributed by atoms with van der Waals surface area (Å²) in [5.41, 5.74) is 0.170. The Balaban J connectivity index is 2.16. The van der Waals surface area contributed by atoms with Crippen molar-refractivity contribution in [2.24, 2.45) is 5.92 Å². The van der Waals surface area contributed by atoms with Gasteiger partial charge in [0.1, 0.15) is 11.8 Å². The van der Waals surface area contributed by atoms with Crippen molar-refractivity contribution in [3.8, 4) is 5.75 Å². The lowest BCUT2D eigenvalue weighted by atomic mass is 9.81. The highest BCUT2D eigenvalue weighted by Crippen LogP contribution is 2.42. The number of benzene rings is 1. The van der Waals surface area contributed by atoms with Gasteiger partial charge in [0.15, 0.2) is 5.92 Å². The summed E-state index contributed by atoms with van der Waals surface area (Å²) < 4.78 is 11.0. The molecular weight excluding hydrogens is 276 g/mol. The van der Waals surface area contributed by atoms with Gasteiger partial charge >= 0.3 is 11.1 Å². The zero-order chi connectivity index (χ0) is 14.3. The lowest BCUT2D eigenvalue weighted by Gasteiger charge is -2.43. The Morgan fingerprint density at radius 3 is 2.95 bits per heavy atom. The minimum atomic E-state index is -0.810. The molecule has 2 aliphatic heterocycles. The first-order valence-electron chi connectivity index (χ1n) is 6.40. The zero-order valence-electron chi connectivity index (χ0n) is 11.6. The van der Waals surface area contributed by atoms with Gasteiger partial charge in [0.2, 0.25) is 0 Å². The Morgan fingerprint density at radius 2 is 2.25 bits per heavy atom. The van der Waals surface area contributed by atoms with Crippen molar-refractivity contribution in [3.63, 3.8) is 0 Å². The predicted octanol–water partition coefficient (Wildman–Crippen LogP) is 0.0283. The highest BCUT2D eigenvalue weighted by molar-refractivity contribution is 8.12. The van der Waals surface area contributed by atoms with E-state index in [0.29, 0.717) is 0 Å². The smallest absolute Gasteiger partial charge is 0.321 e. The first-order valence-corrected chi connectivity index (χ1v) is 7.63. The summed E-state index contributed by atoms with van der Waals surface area (Å²) in [6.07, 6.45) is 1.97. The number of ether oxygens (including phenoxy) is 2. The molecule has 2 heterocycles. The van der Waals surface area contributed by atoms with Gasteiger partial charge in [-0.05, 0) is 24.1 Å². The third kappa shape index (κ3) is 1.86. The van der Waals surface area contributed by atoms with Crippen molar-refractivity contribution in [3.05, 3.63) is 29.8 Å². The van der Waals surface area contributed by atoms with Crippen LogP contribution in [-0.4, -0.2) is 30.2 Å². The van der Waals surface area contributed by atoms with E-state index in [2.05, 4.69) is 10.3 Å². The number of methoxy groups -OCH3 is 1. The molecule has 0 saturated carbocycles. The van der Waals surface area contributed by atoms with Crippen molar-refractivity contribution in [1.29, 1.82) is 0 Å². The maximum absolute atomic E-state index is 12.2. The molecule has 2 bridgehead atoms. The number of carbonyl (C=O) groups is 1. The van der Waals surface area contributed by atoms with E-state index in [1.165, 1.54) is 7.11 Å². The summed E-state index contributed by atoms with van der Waals surface area (Å²) in [6, 6.07) is 7.62. The number of hydrogen-bond donors (Lipinski definition) is 2. The minimum Gasteiger partial charge on any atom is -0.468 e. The molecule has 0 aliphatic carbocycles. The molecule has 20 heavy (non-hydrogen) atoms. The molecule has 0 aromatic heterocycles. The molecule has 0 amide bonds. The van der Waals surface area contributed by atoms with E-state index in [-0.39, 0.29) is 12.0 Å². The zero-order valence-corrected chi connectivity index (χ0v) is 12.4. The maximum Gasteiger partial charge on any atom is 0.321 e. The second-order valence-corrected chi connectivity index (χ2v) is 5.84. The molecule has 3 atom stereocenters. The van der Waals surface area contributed by atoms with Crippen LogP contribution in [0.4, 0.5) is 0 Å². The number of thioether (sulfide) groups is 1. The summed E-state index contributed by atoms with van der Waals surface area (Å²) in [6.45, 7) is 1.88. The number of rotatable bonds is 1. The first kappa shape index (κ1) is 13.3. The molecule has 3 unspecified atom stereocenters. The maximum atomic E-state index is 12.2. The molecule has 2 N–H and O–H groups in total. The van der Waals surface area contributed by atoms with Crippen molar-refractivity contribution >= 4 is 22.9 Å². The van der Waals surface area contributed by atoms with Crippen LogP contribution in [0, 0.1) is 5.92 Å². The van der Waals surface area contributed by atoms with Crippen LogP contribution in [0.5, 0.6) is 5.75 Å². The van der Waals surface area contributed by atoms with E-state index in [1.807, 2.05) is 37.4 Å². The Kier molecular flexibility index (Phi) is 3.12. The Hall–Kier alpha value is -1.69. The minimum absolute atomic E-state index is 0.152. The van der Waals surface area contributed by atoms with Gasteiger partial charge in [-0.15, -0.1) is 0 Å². The monoisotopic (exact) mass is 293 g/mol. The fourth-order valence-corrected chi connectivity index (χ4v) is 3.43. The fourth-order valence-electron chi connectivity index (χ4n) is 2.88. The molecule has 1 aromatic rings. The fraction of sp³-hybridized carbons (Fsp3) is 0.429. The van der Waals surface area contributed by atoms with Crippen LogP contribution >= 0.6 is 11.8 Å². The van der Waals surface area contributed by atoms with Crippen molar-refractivity contribution < 1.29 is 19.3 Å². The van der Waals surface area contributed by atoms with E-state index in [0.717, 1.165) is 16.5 Å². The van der Waals surface area contributed by atoms with Crippen LogP contribution in [0.1, 0.15) is 18.5 Å². The van der Waals surface area contributed by atoms with Crippen molar-refractivity contribution in [1.82, 2.24) is 5.32 Å². The van der Waals surface area contributed by atoms with Crippen LogP contribution < -0.4 is 15.0 Å². The third-order valence-corrected chi connectivity index (χ3v) is 4.44. The highest BCUT2D eigenvalue weighted by Gasteiger charge is 2.59. The summed E-state index contributed by atoms with van der Waals surface area (Å²) >= 11 is 1.56. The lowest BCUT2D eigenvalue weighted by molar-refractivity contribution is -0.535. The number of para-hydroxylation sites is 1. The molecule has 0 radical (unpaired) electrons. The van der Waals surface area contributed by atoms with Gasteiger partial charge in [0.25, 0.3) is 5.72 Å². The molecular formula is C14H17N2O3S+. The van der Waals surface area contributed by atoms with Crippen LogP contribution in [0.25, 0.3) is 0 Å². The van der Waals surface area contributed by atoms with Gasteiger partial charge < -0.3 is 9.47 Å². The van der Waals surface area contributed by atoms with Gasteiger partial charge in [-0.25, -0.2) is 5.32 Å². The highest BCUT2D eigenvalue weighted by atomic mass is 32.2. The third-order valence-electron chi connectivity index (χ3n) is 3.81. The van der Waals surface area contributed by atoms with Gasteiger partial charge in [-0.2, -0.15) is 0 Å². The van der Waals surface area contributed by atoms with E-state index in [9.17, 15) is 4.79 Å². The average molecular weight is 293 g/mol. The normalized spacial score (nSPS) is 30.4. The number of fused-ring (bicyclic) bond motifs is 4. The van der Waals surface area contributed by atoms with Gasteiger partial charge in [0.05, 0.1) is 7.11 Å². The Labute approximate surface area is 121 Å². The van der Waals surface area contributed by atoms with Crippen LogP contribution in [0.15, 0.2) is 24.3 Å². The SMILES string of the molecule is COC(=O)C1C2[NH+]=C(SC)NC1(C)Oc1ccccc12. The van der Waals surface area contributed by atoms with Crippen molar-refractivity contribution in [2.75, 3.05) is 13.4 Å². The second kappa shape index (κ2) is 4.70. The van der Waals surface area contributed by atoms with Crippen LogP contribution in [0.2, 0.25) is 0 Å². The van der Waals surface area contributed by atoms with Crippen LogP contribution in [0.3, 0.4) is 0 Å². The standard InChI is InChI=1S/C14H16N2O3S/c1-14-10(12(17)18-2)11(15-13(16-14)20-3)8-6-4-5-7-9(8)19-14/h4-7,10-11H,1-3H3,(H,15,16)/p+1. The molecule has 1 aromatic carbocycles. The second-order valence-electron chi connectivity index (χ2n) is 5.03. The Bertz CT molecular complexity index is 590. The van der Waals surface area contributed by atoms with Crippen molar-refractivity contribution in [2.45, 2.75) is 18.7 Å². The molecule has 106 valence electrons. The molecule has 6 heteroatoms. The first-order chi connectivity index (χ1) is 9.59. The average Bonchev–Trinajstić information content (AvgIpc) is 2.44. The number of hydrogen-bond acceptors (Lipinski definition) is 5. The van der Waals surface area contributed by atoms with Gasteiger partial charge in [0, 0.05) is 12.5 Å². The Morgan fingerprint density at radius 1 is 1.50 bits per heavy atom. The summed E-state index contributed by atoms with van der Waals surface area (Å²) in [4.78, 5) is 15.6. The largest absolute Gasteiger partial charge is 0.468 e. The lowest BCUT2D eigenvalue weighted by Crippen LogP contribution is -2.88. The predicted molar refractivity (Wildman–Crippen MR) is 76.3 cm³/mol. The number of amidine groups is 1. The molecule has 5 nitrogen and oxygen atoms in total. The molecule has 2 aliphatic rings. The summed E-state index contributed by atoms with van der Waals surface area (Å²) in [5, 5.41) is 4.16. The summed E-state index contributed by atoms with van der Waals surface area (Å²) in [5.74, 6) is 0.0609. The van der Waals surface area contributed by atoms with E-state index >= 15 is 0 Å². The van der Waals surface area contributed by atoms with E-state index in [1.54, 1.807) is 11.8 Å². The van der Waals surface area contributed by atoms with Gasteiger partial charge in [-0.3, -0.25) is 9.79 Å². The number of esters is 1. The molecule has 0 fully saturated rings. The quantitative estimate of drug-likeness (QED) is 0.715. The number of nitrogens with one attached hydrogen (secondary N) is 2.